The summed E-state index contributed by atoms with van der Waals surface area (Å²) in [5.41, 5.74) is 5.15. The normalized spacial score (nSPS) is 11.8. The Hall–Kier alpha value is -4.45. The fraction of sp³-hybridized carbons (Fsp3) is 0.206. The molecule has 4 rings (SSSR count). The average molecular weight is 543 g/mol. The summed E-state index contributed by atoms with van der Waals surface area (Å²) in [5, 5.41) is 14.7. The van der Waals surface area contributed by atoms with Gasteiger partial charge in [-0.3, -0.25) is 0 Å². The first-order chi connectivity index (χ1) is 19.0. The highest BCUT2D eigenvalue weighted by atomic mass is 19.1. The Labute approximate surface area is 234 Å². The molecule has 0 spiro atoms. The first-order valence-electron chi connectivity index (χ1n) is 13.0. The molecule has 0 aliphatic rings. The van der Waals surface area contributed by atoms with Gasteiger partial charge in [-0.1, -0.05) is 64.3 Å². The van der Waals surface area contributed by atoms with Crippen molar-refractivity contribution in [2.75, 3.05) is 0 Å². The summed E-state index contributed by atoms with van der Waals surface area (Å²) in [6.07, 6.45) is 1.59. The van der Waals surface area contributed by atoms with E-state index in [2.05, 4.69) is 57.4 Å². The summed E-state index contributed by atoms with van der Waals surface area (Å²) in [4.78, 5) is 14.7. The smallest absolute Gasteiger partial charge is 0.126 e. The van der Waals surface area contributed by atoms with Gasteiger partial charge in [0.2, 0.25) is 0 Å². The lowest BCUT2D eigenvalue weighted by Gasteiger charge is -2.25. The van der Waals surface area contributed by atoms with Crippen molar-refractivity contribution in [2.45, 2.75) is 45.1 Å². The van der Waals surface area contributed by atoms with E-state index in [4.69, 9.17) is 0 Å². The summed E-state index contributed by atoms with van der Waals surface area (Å²) >= 11 is 0. The van der Waals surface area contributed by atoms with Crippen LogP contribution in [0.2, 0.25) is 0 Å². The number of aldehydes is 1. The number of aromatic amines is 1. The van der Waals surface area contributed by atoms with Crippen LogP contribution in [0, 0.1) is 11.6 Å². The van der Waals surface area contributed by atoms with E-state index >= 15 is 0 Å². The molecule has 1 unspecified atom stereocenters. The van der Waals surface area contributed by atoms with Crippen molar-refractivity contribution in [3.8, 4) is 0 Å². The van der Waals surface area contributed by atoms with E-state index in [1.54, 1.807) is 0 Å². The van der Waals surface area contributed by atoms with Crippen LogP contribution in [-0.4, -0.2) is 16.4 Å². The number of hydrogen-bond acceptors (Lipinski definition) is 3. The van der Waals surface area contributed by atoms with Crippen LogP contribution in [0.25, 0.3) is 22.4 Å². The lowest BCUT2D eigenvalue weighted by Crippen LogP contribution is -2.23. The van der Waals surface area contributed by atoms with Crippen molar-refractivity contribution >= 4 is 28.6 Å². The van der Waals surface area contributed by atoms with Gasteiger partial charge in [-0.05, 0) is 52.8 Å². The van der Waals surface area contributed by atoms with E-state index in [0.717, 1.165) is 34.4 Å². The van der Waals surface area contributed by atoms with E-state index in [1.165, 1.54) is 12.1 Å². The van der Waals surface area contributed by atoms with E-state index in [0.29, 0.717) is 40.9 Å². The van der Waals surface area contributed by atoms with Gasteiger partial charge >= 0.3 is 0 Å². The van der Waals surface area contributed by atoms with E-state index in [1.807, 2.05) is 42.5 Å². The number of aromatic nitrogens is 1. The van der Waals surface area contributed by atoms with Crippen LogP contribution in [-0.2, 0) is 16.6 Å². The maximum atomic E-state index is 14.4. The number of hydrogen-bond donors (Lipinski definition) is 3. The number of aliphatic hydroxyl groups excluding tert-OH is 1. The summed E-state index contributed by atoms with van der Waals surface area (Å²) in [6.45, 7) is 20.2. The molecule has 4 aromatic rings. The Morgan fingerprint density at radius 1 is 1.00 bits per heavy atom. The summed E-state index contributed by atoms with van der Waals surface area (Å²) in [7, 11) is 0. The number of para-hydroxylation sites is 1. The highest BCUT2D eigenvalue weighted by molar-refractivity contribution is 5.85. The Kier molecular flexibility index (Phi) is 9.48. The Balaban J connectivity index is 0.00000216. The van der Waals surface area contributed by atoms with Crippen molar-refractivity contribution < 1.29 is 18.7 Å². The lowest BCUT2D eigenvalue weighted by molar-refractivity contribution is -0.107. The largest absolute Gasteiger partial charge is 0.508 e. The molecule has 0 bridgehead atoms. The number of carbonyl (C=O) groups excluding carboxylic acids is 1. The molecule has 1 atom stereocenters. The zero-order valence-corrected chi connectivity index (χ0v) is 23.3. The molecule has 3 N–H and O–H groups in total. The van der Waals surface area contributed by atoms with Crippen LogP contribution in [0.15, 0.2) is 87.0 Å². The zero-order valence-electron chi connectivity index (χ0n) is 23.3. The predicted octanol–water partition coefficient (Wildman–Crippen LogP) is 8.56. The minimum absolute atomic E-state index is 0.111. The molecule has 4 nitrogen and oxygen atoms in total. The number of halogens is 2. The highest BCUT2D eigenvalue weighted by Gasteiger charge is 2.25. The Morgan fingerprint density at radius 2 is 1.65 bits per heavy atom. The number of aliphatic hydroxyl groups is 1. The molecule has 40 heavy (non-hydrogen) atoms. The number of fused-ring (bicyclic) bond motifs is 1. The molecule has 6 heteroatoms. The second-order valence-electron chi connectivity index (χ2n) is 10.5. The Morgan fingerprint density at radius 3 is 2.25 bits per heavy atom. The van der Waals surface area contributed by atoms with Gasteiger partial charge in [-0.15, -0.1) is 13.2 Å². The molecule has 0 radical (unpaired) electrons. The molecule has 0 fully saturated rings. The third-order valence-corrected chi connectivity index (χ3v) is 6.71. The van der Waals surface area contributed by atoms with Crippen molar-refractivity contribution in [3.63, 3.8) is 0 Å². The zero-order chi connectivity index (χ0) is 29.6. The summed E-state index contributed by atoms with van der Waals surface area (Å²) in [6, 6.07) is 16.0. The first kappa shape index (κ1) is 30.1. The second-order valence-corrected chi connectivity index (χ2v) is 10.5. The molecule has 0 saturated carbocycles. The molecule has 3 aromatic carbocycles. The summed E-state index contributed by atoms with van der Waals surface area (Å²) in [5.74, 6) is -1.52. The molecular formula is C34H36F2N2O2. The topological polar surface area (TPSA) is 65.1 Å². The lowest BCUT2D eigenvalue weighted by atomic mass is 9.84. The van der Waals surface area contributed by atoms with E-state index in [-0.39, 0.29) is 11.2 Å². The minimum atomic E-state index is -0.733. The van der Waals surface area contributed by atoms with Crippen molar-refractivity contribution in [2.24, 2.45) is 0 Å². The SMILES string of the molecule is C=C.C=C(O)c1cc(C(C)(C)C)ccc1C(=C)NC(c1cc(F)cc(F)c1)c1[nH]c2ccccc2c1CCC=O. The van der Waals surface area contributed by atoms with Crippen molar-refractivity contribution in [3.05, 3.63) is 132 Å². The highest BCUT2D eigenvalue weighted by Crippen LogP contribution is 2.35. The van der Waals surface area contributed by atoms with Crippen LogP contribution in [0.4, 0.5) is 8.78 Å². The van der Waals surface area contributed by atoms with Crippen LogP contribution in [0.3, 0.4) is 0 Å². The molecule has 0 aliphatic heterocycles. The van der Waals surface area contributed by atoms with Crippen molar-refractivity contribution in [1.82, 2.24) is 10.3 Å². The van der Waals surface area contributed by atoms with Gasteiger partial charge in [0.1, 0.15) is 23.7 Å². The average Bonchev–Trinajstić information content (AvgIpc) is 3.28. The number of carbonyl (C=O) groups is 1. The second kappa shape index (κ2) is 12.6. The first-order valence-corrected chi connectivity index (χ1v) is 13.0. The van der Waals surface area contributed by atoms with Gasteiger partial charge in [0, 0.05) is 45.9 Å². The molecule has 1 aromatic heterocycles. The number of rotatable bonds is 9. The van der Waals surface area contributed by atoms with E-state index in [9.17, 15) is 18.7 Å². The quantitative estimate of drug-likeness (QED) is 0.113. The third kappa shape index (κ3) is 6.57. The molecular weight excluding hydrogens is 506 g/mol. The molecule has 208 valence electrons. The van der Waals surface area contributed by atoms with Crippen LogP contribution < -0.4 is 5.32 Å². The minimum Gasteiger partial charge on any atom is -0.508 e. The maximum Gasteiger partial charge on any atom is 0.126 e. The van der Waals surface area contributed by atoms with Gasteiger partial charge in [0.05, 0.1) is 6.04 Å². The number of aryl methyl sites for hydroxylation is 1. The van der Waals surface area contributed by atoms with Crippen LogP contribution >= 0.6 is 0 Å². The van der Waals surface area contributed by atoms with Gasteiger partial charge in [-0.25, -0.2) is 8.78 Å². The number of nitrogens with one attached hydrogen (secondary N) is 2. The standard InChI is InChI=1S/C32H32F2N2O2.C2H4/c1-19(25-13-12-22(32(3,4)5)17-28(25)20(2)38)35-30(21-15-23(33)18-24(34)16-21)31-27(10-8-14-37)26-9-6-7-11-29(26)36-31;1-2/h6-7,9,11-18,30,35-36,38H,1-2,8,10H2,3-5H3;1-2H2. The van der Waals surface area contributed by atoms with E-state index < -0.39 is 17.7 Å². The fourth-order valence-corrected chi connectivity index (χ4v) is 4.77. The molecule has 0 saturated heterocycles. The van der Waals surface area contributed by atoms with Crippen LogP contribution in [0.1, 0.15) is 66.7 Å². The number of benzene rings is 3. The maximum absolute atomic E-state index is 14.4. The Bertz CT molecular complexity index is 1530. The monoisotopic (exact) mass is 542 g/mol. The molecule has 0 amide bonds. The molecule has 0 aliphatic carbocycles. The van der Waals surface area contributed by atoms with Gasteiger partial charge < -0.3 is 20.2 Å². The van der Waals surface area contributed by atoms with Crippen LogP contribution in [0.5, 0.6) is 0 Å². The summed E-state index contributed by atoms with van der Waals surface area (Å²) < 4.78 is 28.8. The predicted molar refractivity (Wildman–Crippen MR) is 161 cm³/mol. The van der Waals surface area contributed by atoms with Crippen molar-refractivity contribution in [1.29, 1.82) is 0 Å². The number of H-pyrrole nitrogens is 1. The van der Waals surface area contributed by atoms with Gasteiger partial charge in [0.15, 0.2) is 0 Å². The molecule has 1 heterocycles. The third-order valence-electron chi connectivity index (χ3n) is 6.71. The van der Waals surface area contributed by atoms with Gasteiger partial charge in [-0.2, -0.15) is 0 Å². The fourth-order valence-electron chi connectivity index (χ4n) is 4.77. The van der Waals surface area contributed by atoms with Gasteiger partial charge in [0.25, 0.3) is 0 Å².